The molecule has 1 aliphatic carbocycles. The summed E-state index contributed by atoms with van der Waals surface area (Å²) in [6.07, 6.45) is 6.46. The van der Waals surface area contributed by atoms with Crippen LogP contribution in [0, 0.1) is 5.92 Å². The Labute approximate surface area is 110 Å². The van der Waals surface area contributed by atoms with Crippen LogP contribution in [-0.2, 0) is 0 Å². The van der Waals surface area contributed by atoms with E-state index in [1.165, 1.54) is 37.7 Å². The lowest BCUT2D eigenvalue weighted by atomic mass is 10.0. The second kappa shape index (κ2) is 6.91. The van der Waals surface area contributed by atoms with E-state index < -0.39 is 0 Å². The van der Waals surface area contributed by atoms with Crippen LogP contribution in [-0.4, -0.2) is 17.8 Å². The Morgan fingerprint density at radius 3 is 2.67 bits per heavy atom. The summed E-state index contributed by atoms with van der Waals surface area (Å²) in [5.41, 5.74) is 1.19. The van der Waals surface area contributed by atoms with E-state index in [0.29, 0.717) is 6.04 Å². The van der Waals surface area contributed by atoms with Crippen LogP contribution in [0.25, 0.3) is 0 Å². The third kappa shape index (κ3) is 3.82. The minimum Gasteiger partial charge on any atom is -0.394 e. The number of hydrogen-bond acceptors (Lipinski definition) is 2. The van der Waals surface area contributed by atoms with Crippen LogP contribution < -0.4 is 5.32 Å². The Hall–Kier alpha value is -0.860. The molecule has 0 aromatic heterocycles. The van der Waals surface area contributed by atoms with E-state index in [2.05, 4.69) is 24.4 Å². The second-order valence-electron chi connectivity index (χ2n) is 5.62. The van der Waals surface area contributed by atoms with E-state index in [-0.39, 0.29) is 12.6 Å². The molecule has 100 valence electrons. The lowest BCUT2D eigenvalue weighted by Crippen LogP contribution is -2.34. The van der Waals surface area contributed by atoms with Crippen LogP contribution in [0.4, 0.5) is 0 Å². The van der Waals surface area contributed by atoms with Crippen molar-refractivity contribution in [3.8, 4) is 0 Å². The first-order valence-corrected chi connectivity index (χ1v) is 7.21. The van der Waals surface area contributed by atoms with Crippen LogP contribution >= 0.6 is 0 Å². The van der Waals surface area contributed by atoms with Crippen molar-refractivity contribution in [2.75, 3.05) is 6.61 Å². The first-order valence-electron chi connectivity index (χ1n) is 7.21. The largest absolute Gasteiger partial charge is 0.394 e. The molecule has 0 radical (unpaired) electrons. The highest BCUT2D eigenvalue weighted by molar-refractivity contribution is 5.19. The summed E-state index contributed by atoms with van der Waals surface area (Å²) in [6, 6.07) is 10.9. The minimum atomic E-state index is 0.0876. The highest BCUT2D eigenvalue weighted by Gasteiger charge is 2.19. The zero-order valence-electron chi connectivity index (χ0n) is 11.3. The Morgan fingerprint density at radius 1 is 1.17 bits per heavy atom. The SMILES string of the molecule is CC1CCCC(N[C@@H](CO)c2ccccc2)CC1. The molecule has 1 aromatic carbocycles. The van der Waals surface area contributed by atoms with Crippen molar-refractivity contribution in [1.29, 1.82) is 0 Å². The number of nitrogens with one attached hydrogen (secondary N) is 1. The summed E-state index contributed by atoms with van der Waals surface area (Å²) in [5, 5.41) is 13.2. The third-order valence-electron chi connectivity index (χ3n) is 4.08. The zero-order chi connectivity index (χ0) is 12.8. The van der Waals surface area contributed by atoms with Crippen LogP contribution in [0.2, 0.25) is 0 Å². The lowest BCUT2D eigenvalue weighted by molar-refractivity contribution is 0.228. The first kappa shape index (κ1) is 13.6. The molecule has 1 saturated carbocycles. The Bertz CT molecular complexity index is 338. The molecule has 2 nitrogen and oxygen atoms in total. The fourth-order valence-electron chi connectivity index (χ4n) is 2.88. The molecular weight excluding hydrogens is 222 g/mol. The van der Waals surface area contributed by atoms with E-state index >= 15 is 0 Å². The van der Waals surface area contributed by atoms with Gasteiger partial charge in [0.15, 0.2) is 0 Å². The van der Waals surface area contributed by atoms with Crippen LogP contribution in [0.1, 0.15) is 50.6 Å². The van der Waals surface area contributed by atoms with Crippen LogP contribution in [0.5, 0.6) is 0 Å². The van der Waals surface area contributed by atoms with E-state index in [0.717, 1.165) is 5.92 Å². The standard InChI is InChI=1S/C16H25NO/c1-13-6-5-9-15(11-10-13)17-16(12-18)14-7-3-2-4-8-14/h2-4,7-8,13,15-18H,5-6,9-12H2,1H3/t13?,15?,16-/m0/s1. The highest BCUT2D eigenvalue weighted by Crippen LogP contribution is 2.24. The van der Waals surface area contributed by atoms with Crippen molar-refractivity contribution in [1.82, 2.24) is 5.32 Å². The van der Waals surface area contributed by atoms with Gasteiger partial charge in [-0.1, -0.05) is 50.1 Å². The zero-order valence-corrected chi connectivity index (χ0v) is 11.3. The van der Waals surface area contributed by atoms with Crippen LogP contribution in [0.15, 0.2) is 30.3 Å². The normalized spacial score (nSPS) is 26.6. The quantitative estimate of drug-likeness (QED) is 0.800. The van der Waals surface area contributed by atoms with Gasteiger partial charge in [-0.3, -0.25) is 0 Å². The molecule has 1 aromatic rings. The van der Waals surface area contributed by atoms with E-state index in [9.17, 15) is 5.11 Å². The highest BCUT2D eigenvalue weighted by atomic mass is 16.3. The molecular formula is C16H25NO. The van der Waals surface area contributed by atoms with Gasteiger partial charge in [-0.15, -0.1) is 0 Å². The smallest absolute Gasteiger partial charge is 0.0626 e. The summed E-state index contributed by atoms with van der Waals surface area (Å²) < 4.78 is 0. The van der Waals surface area contributed by atoms with Crippen molar-refractivity contribution < 1.29 is 5.11 Å². The molecule has 18 heavy (non-hydrogen) atoms. The Morgan fingerprint density at radius 2 is 1.94 bits per heavy atom. The average Bonchev–Trinajstić information content (AvgIpc) is 2.62. The molecule has 0 bridgehead atoms. The van der Waals surface area contributed by atoms with Gasteiger partial charge in [0.1, 0.15) is 0 Å². The van der Waals surface area contributed by atoms with Crippen molar-refractivity contribution in [3.05, 3.63) is 35.9 Å². The summed E-state index contributed by atoms with van der Waals surface area (Å²) >= 11 is 0. The van der Waals surface area contributed by atoms with Gasteiger partial charge in [0.25, 0.3) is 0 Å². The maximum Gasteiger partial charge on any atom is 0.0626 e. The molecule has 0 aliphatic heterocycles. The van der Waals surface area contributed by atoms with Gasteiger partial charge in [-0.25, -0.2) is 0 Å². The number of aliphatic hydroxyl groups is 1. The molecule has 0 amide bonds. The number of benzene rings is 1. The van der Waals surface area contributed by atoms with Crippen molar-refractivity contribution in [3.63, 3.8) is 0 Å². The maximum absolute atomic E-state index is 9.57. The summed E-state index contributed by atoms with van der Waals surface area (Å²) in [6.45, 7) is 2.53. The molecule has 2 rings (SSSR count). The molecule has 0 saturated heterocycles. The van der Waals surface area contributed by atoms with Gasteiger partial charge >= 0.3 is 0 Å². The fourth-order valence-corrected chi connectivity index (χ4v) is 2.88. The van der Waals surface area contributed by atoms with Gasteiger partial charge < -0.3 is 10.4 Å². The summed E-state index contributed by atoms with van der Waals surface area (Å²) in [5.74, 6) is 0.862. The van der Waals surface area contributed by atoms with E-state index in [1.807, 2.05) is 18.2 Å². The van der Waals surface area contributed by atoms with Crippen LogP contribution in [0.3, 0.4) is 0 Å². The molecule has 1 aliphatic rings. The van der Waals surface area contributed by atoms with Gasteiger partial charge in [0.2, 0.25) is 0 Å². The molecule has 3 atom stereocenters. The molecule has 0 spiro atoms. The Kier molecular flexibility index (Phi) is 5.21. The molecule has 2 N–H and O–H groups in total. The van der Waals surface area contributed by atoms with E-state index in [4.69, 9.17) is 0 Å². The monoisotopic (exact) mass is 247 g/mol. The average molecular weight is 247 g/mol. The maximum atomic E-state index is 9.57. The van der Waals surface area contributed by atoms with Gasteiger partial charge in [0, 0.05) is 6.04 Å². The Balaban J connectivity index is 1.94. The topological polar surface area (TPSA) is 32.3 Å². The van der Waals surface area contributed by atoms with Crippen molar-refractivity contribution >= 4 is 0 Å². The molecule has 2 heteroatoms. The fraction of sp³-hybridized carbons (Fsp3) is 0.625. The number of rotatable bonds is 4. The molecule has 2 unspecified atom stereocenters. The predicted octanol–water partition coefficient (Wildman–Crippen LogP) is 3.28. The number of aliphatic hydroxyl groups excluding tert-OH is 1. The molecule has 1 fully saturated rings. The van der Waals surface area contributed by atoms with Crippen molar-refractivity contribution in [2.24, 2.45) is 5.92 Å². The third-order valence-corrected chi connectivity index (χ3v) is 4.08. The number of hydrogen-bond donors (Lipinski definition) is 2. The summed E-state index contributed by atoms with van der Waals surface area (Å²) in [7, 11) is 0. The molecule has 0 heterocycles. The predicted molar refractivity (Wildman–Crippen MR) is 75.4 cm³/mol. The van der Waals surface area contributed by atoms with Gasteiger partial charge in [-0.05, 0) is 30.7 Å². The minimum absolute atomic E-state index is 0.0876. The lowest BCUT2D eigenvalue weighted by Gasteiger charge is -2.24. The van der Waals surface area contributed by atoms with Crippen molar-refractivity contribution in [2.45, 2.75) is 51.1 Å². The first-order chi connectivity index (χ1) is 8.79. The second-order valence-corrected chi connectivity index (χ2v) is 5.62. The summed E-state index contributed by atoms with van der Waals surface area (Å²) in [4.78, 5) is 0. The van der Waals surface area contributed by atoms with Gasteiger partial charge in [0.05, 0.1) is 12.6 Å². The van der Waals surface area contributed by atoms with Gasteiger partial charge in [-0.2, -0.15) is 0 Å². The van der Waals surface area contributed by atoms with E-state index in [1.54, 1.807) is 0 Å².